The van der Waals surface area contributed by atoms with Crippen LogP contribution < -0.4 is 10.6 Å². The average Bonchev–Trinajstić information content (AvgIpc) is 4.05. The van der Waals surface area contributed by atoms with Gasteiger partial charge in [-0.05, 0) is 181 Å². The molecule has 4 amide bonds. The molecule has 16 heteroatoms. The van der Waals surface area contributed by atoms with Crippen LogP contribution in [0.15, 0.2) is 72.8 Å². The number of thioether (sulfide) groups is 2. The van der Waals surface area contributed by atoms with E-state index in [0.29, 0.717) is 25.9 Å². The van der Waals surface area contributed by atoms with E-state index in [1.807, 2.05) is 22.3 Å². The molecule has 4 bridgehead atoms. The zero-order chi connectivity index (χ0) is 49.7. The number of nitrogens with zero attached hydrogens (tertiary/aromatic N) is 4. The summed E-state index contributed by atoms with van der Waals surface area (Å²) < 4.78 is 9.80. The number of aryl methyl sites for hydroxylation is 4. The normalized spacial score (nSPS) is 20.2. The lowest BCUT2D eigenvalue weighted by Gasteiger charge is -2.28. The number of aromatic amines is 2. The molecule has 6 aliphatic carbocycles. The number of carbonyl (C=O) groups is 4. The largest absolute Gasteiger partial charge is 0.453 e. The van der Waals surface area contributed by atoms with Crippen molar-refractivity contribution >= 4 is 69.6 Å². The Kier molecular flexibility index (Phi) is 13.3. The van der Waals surface area contributed by atoms with Crippen molar-refractivity contribution in [2.75, 3.05) is 51.3 Å². The van der Waals surface area contributed by atoms with Gasteiger partial charge in [-0.1, -0.05) is 48.5 Å². The fourth-order valence-electron chi connectivity index (χ4n) is 11.7. The number of H-pyrrole nitrogens is 2. The zero-order valence-corrected chi connectivity index (χ0v) is 43.2. The molecule has 4 heterocycles. The van der Waals surface area contributed by atoms with Crippen molar-refractivity contribution in [3.05, 3.63) is 107 Å². The summed E-state index contributed by atoms with van der Waals surface area (Å²) in [6, 6.07) is 25.2. The Hall–Kier alpha value is -6.00. The van der Waals surface area contributed by atoms with E-state index in [2.05, 4.69) is 93.4 Å². The number of likely N-dealkylation sites (tertiary alicyclic amines) is 2. The summed E-state index contributed by atoms with van der Waals surface area (Å²) in [5.41, 5.74) is 13.7. The third-order valence-electron chi connectivity index (χ3n) is 16.2. The standard InChI is InChI=1S/C56H64N8O6S2/c1-69-53(67)61-43(17-23-71-3)51(65)63-31-55(19-20-55)29-47(63)49-57-41-15-13-37(27-45(41)59-49)39-25-33-5-9-35(39)11-7-34-6-10-36(12-8-33)40(26-34)38-14-16-42-46(28-38)60-50(58-42)48-30-56(21-22-56)32-64(48)52(66)44(18-24-72-4)62-54(68)70-2/h5-6,9-10,13-16,25-28,43-44,47-48H,7-8,11-12,17-24,29-32H2,1-4H3,(H,57,59)(H,58,60)(H,61,67)(H,62,68)/t43-,44-,47-,48-/m0/s1. The van der Waals surface area contributed by atoms with Crippen molar-refractivity contribution in [1.82, 2.24) is 40.4 Å². The molecule has 2 spiro atoms. The van der Waals surface area contributed by atoms with Crippen LogP contribution in [0.1, 0.15) is 97.4 Å². The Morgan fingerprint density at radius 1 is 0.625 bits per heavy atom. The first-order valence-corrected chi connectivity index (χ1v) is 28.3. The molecule has 0 unspecified atom stereocenters. The van der Waals surface area contributed by atoms with Gasteiger partial charge in [0.05, 0.1) is 48.4 Å². The summed E-state index contributed by atoms with van der Waals surface area (Å²) >= 11 is 3.30. The Morgan fingerprint density at radius 3 is 1.44 bits per heavy atom. The van der Waals surface area contributed by atoms with Crippen molar-refractivity contribution < 1.29 is 28.7 Å². The lowest BCUT2D eigenvalue weighted by molar-refractivity contribution is -0.135. The maximum absolute atomic E-state index is 14.2. The van der Waals surface area contributed by atoms with E-state index >= 15 is 0 Å². The fourth-order valence-corrected chi connectivity index (χ4v) is 12.7. The molecule has 72 heavy (non-hydrogen) atoms. The van der Waals surface area contributed by atoms with Gasteiger partial charge in [0, 0.05) is 13.1 Å². The van der Waals surface area contributed by atoms with Gasteiger partial charge in [0.2, 0.25) is 11.8 Å². The van der Waals surface area contributed by atoms with Gasteiger partial charge in [-0.25, -0.2) is 19.6 Å². The topological polar surface area (TPSA) is 175 Å². The molecule has 4 atom stereocenters. The number of ether oxygens (including phenoxy) is 2. The van der Waals surface area contributed by atoms with E-state index in [4.69, 9.17) is 19.4 Å². The first kappa shape index (κ1) is 48.3. The number of amides is 4. The van der Waals surface area contributed by atoms with Crippen LogP contribution in [0.3, 0.4) is 0 Å². The van der Waals surface area contributed by atoms with Gasteiger partial charge in [-0.15, -0.1) is 0 Å². The second-order valence-electron chi connectivity index (χ2n) is 21.0. The van der Waals surface area contributed by atoms with Crippen LogP contribution in [0, 0.1) is 10.8 Å². The number of nitrogens with one attached hydrogen (secondary N) is 4. The molecule has 0 radical (unpaired) electrons. The van der Waals surface area contributed by atoms with Crippen LogP contribution in [-0.4, -0.2) is 117 Å². The summed E-state index contributed by atoms with van der Waals surface area (Å²) in [5, 5.41) is 5.62. The highest BCUT2D eigenvalue weighted by atomic mass is 32.2. The van der Waals surface area contributed by atoms with E-state index in [0.717, 1.165) is 121 Å². The molecule has 2 aromatic heterocycles. The molecule has 6 aromatic rings. The van der Waals surface area contributed by atoms with Gasteiger partial charge < -0.3 is 39.9 Å². The number of fused-ring (bicyclic) bond motifs is 2. The van der Waals surface area contributed by atoms with Crippen molar-refractivity contribution in [2.24, 2.45) is 10.8 Å². The first-order chi connectivity index (χ1) is 35.0. The summed E-state index contributed by atoms with van der Waals surface area (Å²) in [5.74, 6) is 2.92. The molecular formula is C56H64N8O6S2. The Balaban J connectivity index is 0.830. The predicted molar refractivity (Wildman–Crippen MR) is 284 cm³/mol. The number of carbonyl (C=O) groups excluding carboxylic acids is 4. The number of rotatable bonds is 14. The van der Waals surface area contributed by atoms with Crippen LogP contribution in [0.2, 0.25) is 0 Å². The number of imidazole rings is 2. The van der Waals surface area contributed by atoms with Crippen LogP contribution in [-0.2, 0) is 44.7 Å². The second kappa shape index (κ2) is 19.8. The SMILES string of the molecule is COC(=O)N[C@@H](CCSC)C(=O)N1CC2(CC2)C[C@H]1c1nc2ccc(-c3cc4ccc3CCc3ccc(c(-c5ccc6nc([C@@H]7CC8(CC8)CN7C(=O)[C@H](CCSC)NC(=O)OC)[nH]c6c5)c3)CC4)cc2[nH]1. The number of hydrogen-bond donors (Lipinski definition) is 4. The summed E-state index contributed by atoms with van der Waals surface area (Å²) in [4.78, 5) is 74.5. The van der Waals surface area contributed by atoms with Gasteiger partial charge in [0.15, 0.2) is 0 Å². The molecule has 376 valence electrons. The maximum atomic E-state index is 14.2. The molecule has 2 saturated carbocycles. The van der Waals surface area contributed by atoms with E-state index in [-0.39, 0.29) is 34.7 Å². The van der Waals surface area contributed by atoms with Gasteiger partial charge in [-0.3, -0.25) is 9.59 Å². The molecule has 2 aliphatic heterocycles. The highest BCUT2D eigenvalue weighted by Crippen LogP contribution is 2.59. The Bertz CT molecular complexity index is 2870. The predicted octanol–water partition coefficient (Wildman–Crippen LogP) is 9.72. The van der Waals surface area contributed by atoms with Gasteiger partial charge in [0.1, 0.15) is 23.7 Å². The second-order valence-corrected chi connectivity index (χ2v) is 23.0. The Labute approximate surface area is 428 Å². The number of aromatic nitrogens is 4. The van der Waals surface area contributed by atoms with E-state index < -0.39 is 24.3 Å². The van der Waals surface area contributed by atoms with Crippen LogP contribution >= 0.6 is 23.5 Å². The van der Waals surface area contributed by atoms with E-state index in [9.17, 15) is 19.2 Å². The quantitative estimate of drug-likeness (QED) is 0.0823. The molecule has 14 nitrogen and oxygen atoms in total. The summed E-state index contributed by atoms with van der Waals surface area (Å²) in [6.07, 6.45) is 13.4. The summed E-state index contributed by atoms with van der Waals surface area (Å²) in [7, 11) is 2.66. The first-order valence-electron chi connectivity index (χ1n) is 25.5. The molecule has 2 saturated heterocycles. The molecule has 4 N–H and O–H groups in total. The molecule has 4 aromatic carbocycles. The number of hydrogen-bond acceptors (Lipinski definition) is 10. The molecule has 14 rings (SSSR count). The van der Waals surface area contributed by atoms with Crippen molar-refractivity contribution in [1.29, 1.82) is 0 Å². The van der Waals surface area contributed by atoms with Crippen molar-refractivity contribution in [3.8, 4) is 22.3 Å². The highest BCUT2D eigenvalue weighted by molar-refractivity contribution is 7.98. The average molecular weight is 1010 g/mol. The third kappa shape index (κ3) is 9.68. The highest BCUT2D eigenvalue weighted by Gasteiger charge is 2.56. The molecular weight excluding hydrogens is 945 g/mol. The van der Waals surface area contributed by atoms with Gasteiger partial charge in [-0.2, -0.15) is 23.5 Å². The van der Waals surface area contributed by atoms with Gasteiger partial charge >= 0.3 is 12.2 Å². The van der Waals surface area contributed by atoms with Crippen LogP contribution in [0.4, 0.5) is 9.59 Å². The number of alkyl carbamates (subject to hydrolysis) is 2. The van der Waals surface area contributed by atoms with Crippen LogP contribution in [0.5, 0.6) is 0 Å². The number of benzene rings is 4. The lowest BCUT2D eigenvalue weighted by Crippen LogP contribution is -2.49. The van der Waals surface area contributed by atoms with Gasteiger partial charge in [0.25, 0.3) is 0 Å². The Morgan fingerprint density at radius 2 is 1.06 bits per heavy atom. The van der Waals surface area contributed by atoms with Crippen molar-refractivity contribution in [2.45, 2.75) is 101 Å². The molecule has 4 fully saturated rings. The minimum atomic E-state index is -0.661. The third-order valence-corrected chi connectivity index (χ3v) is 17.5. The van der Waals surface area contributed by atoms with Crippen molar-refractivity contribution in [3.63, 3.8) is 0 Å². The zero-order valence-electron chi connectivity index (χ0n) is 41.6. The van der Waals surface area contributed by atoms with E-state index in [1.165, 1.54) is 47.6 Å². The fraction of sp³-hybridized carbons (Fsp3) is 0.464. The van der Waals surface area contributed by atoms with E-state index in [1.54, 1.807) is 23.5 Å². The maximum Gasteiger partial charge on any atom is 0.407 e. The molecule has 8 aliphatic rings. The number of methoxy groups -OCH3 is 2. The lowest BCUT2D eigenvalue weighted by atomic mass is 9.87. The van der Waals surface area contributed by atoms with Crippen LogP contribution in [0.25, 0.3) is 44.3 Å². The smallest absolute Gasteiger partial charge is 0.407 e. The minimum absolute atomic E-state index is 0.0782. The monoisotopic (exact) mass is 1010 g/mol. The summed E-state index contributed by atoms with van der Waals surface area (Å²) in [6.45, 7) is 1.34. The minimum Gasteiger partial charge on any atom is -0.453 e.